The molecule has 2 amide bonds. The second kappa shape index (κ2) is 7.26. The van der Waals surface area contributed by atoms with E-state index in [-0.39, 0.29) is 12.1 Å². The van der Waals surface area contributed by atoms with Crippen molar-refractivity contribution in [1.82, 2.24) is 25.2 Å². The van der Waals surface area contributed by atoms with E-state index in [1.54, 1.807) is 0 Å². The van der Waals surface area contributed by atoms with Gasteiger partial charge in [-0.3, -0.25) is 0 Å². The summed E-state index contributed by atoms with van der Waals surface area (Å²) in [5.41, 5.74) is 4.19. The van der Waals surface area contributed by atoms with Gasteiger partial charge in [0.15, 0.2) is 0 Å². The second-order valence-corrected chi connectivity index (χ2v) is 7.19. The van der Waals surface area contributed by atoms with Gasteiger partial charge in [-0.15, -0.1) is 0 Å². The molecule has 0 atom stereocenters. The Morgan fingerprint density at radius 3 is 3.07 bits per heavy atom. The van der Waals surface area contributed by atoms with Crippen LogP contribution in [-0.2, 0) is 19.5 Å². The summed E-state index contributed by atoms with van der Waals surface area (Å²) in [6.45, 7) is 5.78. The number of nitrogens with zero attached hydrogens (tertiary/aromatic N) is 3. The largest absolute Gasteiger partial charge is 0.361 e. The third-order valence-corrected chi connectivity index (χ3v) is 4.71. The lowest BCUT2D eigenvalue weighted by Crippen LogP contribution is -2.42. The molecule has 1 aliphatic rings. The minimum Gasteiger partial charge on any atom is -0.361 e. The van der Waals surface area contributed by atoms with Crippen LogP contribution in [0.4, 0.5) is 10.7 Å². The van der Waals surface area contributed by atoms with E-state index in [2.05, 4.69) is 37.7 Å². The van der Waals surface area contributed by atoms with Crippen molar-refractivity contribution in [1.29, 1.82) is 0 Å². The van der Waals surface area contributed by atoms with Gasteiger partial charge in [0.25, 0.3) is 0 Å². The van der Waals surface area contributed by atoms with E-state index >= 15 is 0 Å². The molecular formula is C20H24N6O. The van der Waals surface area contributed by atoms with E-state index in [0.717, 1.165) is 28.8 Å². The Hall–Kier alpha value is -3.09. The van der Waals surface area contributed by atoms with Crippen molar-refractivity contribution in [2.24, 2.45) is 0 Å². The van der Waals surface area contributed by atoms with Crippen molar-refractivity contribution in [2.45, 2.75) is 39.4 Å². The molecular weight excluding hydrogens is 340 g/mol. The average Bonchev–Trinajstić information content (AvgIpc) is 3.13. The van der Waals surface area contributed by atoms with Crippen molar-refractivity contribution in [3.8, 4) is 0 Å². The highest BCUT2D eigenvalue weighted by Crippen LogP contribution is 2.18. The smallest absolute Gasteiger partial charge is 0.318 e. The van der Waals surface area contributed by atoms with Gasteiger partial charge in [0.2, 0.25) is 5.95 Å². The number of carbonyl (C=O) groups is 1. The SMILES string of the molecule is CC(C)Nc1ncc2c(n1)CN(C(=O)NCc1ccc3cc[nH]c3c1)CC2. The highest BCUT2D eigenvalue weighted by molar-refractivity contribution is 5.80. The number of urea groups is 1. The van der Waals surface area contributed by atoms with E-state index in [4.69, 9.17) is 0 Å². The van der Waals surface area contributed by atoms with Gasteiger partial charge in [0, 0.05) is 37.0 Å². The Morgan fingerprint density at radius 2 is 2.22 bits per heavy atom. The van der Waals surface area contributed by atoms with Crippen LogP contribution < -0.4 is 10.6 Å². The Kier molecular flexibility index (Phi) is 4.66. The molecule has 0 fully saturated rings. The highest BCUT2D eigenvalue weighted by Gasteiger charge is 2.22. The quantitative estimate of drug-likeness (QED) is 0.664. The molecule has 3 heterocycles. The number of fused-ring (bicyclic) bond motifs is 2. The minimum absolute atomic E-state index is 0.0655. The van der Waals surface area contributed by atoms with Crippen molar-refractivity contribution in [2.75, 3.05) is 11.9 Å². The first-order valence-electron chi connectivity index (χ1n) is 9.28. The lowest BCUT2D eigenvalue weighted by Gasteiger charge is -2.28. The van der Waals surface area contributed by atoms with E-state index in [9.17, 15) is 4.79 Å². The fourth-order valence-electron chi connectivity index (χ4n) is 3.30. The van der Waals surface area contributed by atoms with E-state index in [1.807, 2.05) is 43.3 Å². The number of carbonyl (C=O) groups excluding carboxylic acids is 1. The summed E-state index contributed by atoms with van der Waals surface area (Å²) in [5.74, 6) is 0.616. The Labute approximate surface area is 158 Å². The third-order valence-electron chi connectivity index (χ3n) is 4.71. The molecule has 0 unspecified atom stereocenters. The molecule has 0 bridgehead atoms. The fraction of sp³-hybridized carbons (Fsp3) is 0.350. The summed E-state index contributed by atoms with van der Waals surface area (Å²) in [7, 11) is 0. The topological polar surface area (TPSA) is 85.9 Å². The van der Waals surface area contributed by atoms with Crippen LogP contribution in [0.15, 0.2) is 36.7 Å². The third kappa shape index (κ3) is 3.86. The molecule has 0 aliphatic carbocycles. The van der Waals surface area contributed by atoms with E-state index in [1.165, 1.54) is 5.39 Å². The number of amides is 2. The van der Waals surface area contributed by atoms with Gasteiger partial charge in [-0.05, 0) is 48.9 Å². The van der Waals surface area contributed by atoms with Gasteiger partial charge >= 0.3 is 6.03 Å². The molecule has 0 saturated heterocycles. The summed E-state index contributed by atoms with van der Waals surface area (Å²) < 4.78 is 0. The molecule has 3 aromatic rings. The summed E-state index contributed by atoms with van der Waals surface area (Å²) in [5, 5.41) is 7.40. The Bertz CT molecular complexity index is 964. The summed E-state index contributed by atoms with van der Waals surface area (Å²) >= 11 is 0. The van der Waals surface area contributed by atoms with Crippen LogP contribution in [0.25, 0.3) is 10.9 Å². The first-order chi connectivity index (χ1) is 13.1. The highest BCUT2D eigenvalue weighted by atomic mass is 16.2. The van der Waals surface area contributed by atoms with Crippen LogP contribution in [0, 0.1) is 0 Å². The zero-order chi connectivity index (χ0) is 18.8. The average molecular weight is 364 g/mol. The lowest BCUT2D eigenvalue weighted by atomic mass is 10.1. The van der Waals surface area contributed by atoms with Crippen molar-refractivity contribution in [3.63, 3.8) is 0 Å². The summed E-state index contributed by atoms with van der Waals surface area (Å²) in [4.78, 5) is 26.5. The molecule has 0 radical (unpaired) electrons. The molecule has 1 aromatic carbocycles. The molecule has 1 aliphatic heterocycles. The number of hydrogen-bond donors (Lipinski definition) is 3. The number of aromatic amines is 1. The van der Waals surface area contributed by atoms with Crippen molar-refractivity contribution < 1.29 is 4.79 Å². The number of aromatic nitrogens is 3. The number of hydrogen-bond acceptors (Lipinski definition) is 4. The van der Waals surface area contributed by atoms with Gasteiger partial charge in [-0.25, -0.2) is 14.8 Å². The molecule has 3 N–H and O–H groups in total. The van der Waals surface area contributed by atoms with Gasteiger partial charge in [-0.1, -0.05) is 12.1 Å². The number of nitrogens with one attached hydrogen (secondary N) is 3. The first-order valence-corrected chi connectivity index (χ1v) is 9.28. The van der Waals surface area contributed by atoms with Gasteiger partial charge in [-0.2, -0.15) is 0 Å². The van der Waals surface area contributed by atoms with Crippen LogP contribution in [0.2, 0.25) is 0 Å². The number of benzene rings is 1. The van der Waals surface area contributed by atoms with Gasteiger partial charge in [0.1, 0.15) is 0 Å². The predicted octanol–water partition coefficient (Wildman–Crippen LogP) is 3.05. The minimum atomic E-state index is -0.0655. The van der Waals surface area contributed by atoms with Crippen molar-refractivity contribution >= 4 is 22.9 Å². The van der Waals surface area contributed by atoms with Crippen LogP contribution >= 0.6 is 0 Å². The first kappa shape index (κ1) is 17.3. The molecule has 7 nitrogen and oxygen atoms in total. The normalized spacial score (nSPS) is 13.7. The molecule has 2 aromatic heterocycles. The lowest BCUT2D eigenvalue weighted by molar-refractivity contribution is 0.191. The van der Waals surface area contributed by atoms with Gasteiger partial charge < -0.3 is 20.5 Å². The number of rotatable bonds is 4. The summed E-state index contributed by atoms with van der Waals surface area (Å²) in [6.07, 6.45) is 4.56. The zero-order valence-electron chi connectivity index (χ0n) is 15.6. The number of H-pyrrole nitrogens is 1. The molecule has 0 saturated carbocycles. The van der Waals surface area contributed by atoms with Crippen LogP contribution in [0.3, 0.4) is 0 Å². The molecule has 7 heteroatoms. The van der Waals surface area contributed by atoms with Crippen LogP contribution in [0.5, 0.6) is 0 Å². The van der Waals surface area contributed by atoms with E-state index < -0.39 is 0 Å². The molecule has 140 valence electrons. The second-order valence-electron chi connectivity index (χ2n) is 7.19. The molecule has 27 heavy (non-hydrogen) atoms. The standard InChI is InChI=1S/C20H24N6O/c1-13(2)24-19-22-11-16-6-8-26(12-18(16)25-19)20(27)23-10-14-3-4-15-5-7-21-17(15)9-14/h3-5,7,9,11,13,21H,6,8,10,12H2,1-2H3,(H,23,27)(H,22,24,25). The Balaban J connectivity index is 1.39. The number of anilines is 1. The summed E-state index contributed by atoms with van der Waals surface area (Å²) in [6, 6.07) is 8.40. The van der Waals surface area contributed by atoms with Crippen LogP contribution in [0.1, 0.15) is 30.7 Å². The maximum absolute atomic E-state index is 12.6. The van der Waals surface area contributed by atoms with Crippen molar-refractivity contribution in [3.05, 3.63) is 53.5 Å². The molecule has 4 rings (SSSR count). The maximum atomic E-state index is 12.6. The van der Waals surface area contributed by atoms with Crippen LogP contribution in [-0.4, -0.2) is 38.5 Å². The fourth-order valence-corrected chi connectivity index (χ4v) is 3.30. The maximum Gasteiger partial charge on any atom is 0.318 e. The zero-order valence-corrected chi connectivity index (χ0v) is 15.6. The Morgan fingerprint density at radius 1 is 1.33 bits per heavy atom. The predicted molar refractivity (Wildman–Crippen MR) is 105 cm³/mol. The monoisotopic (exact) mass is 364 g/mol. The van der Waals surface area contributed by atoms with E-state index in [0.29, 0.717) is 25.6 Å². The van der Waals surface area contributed by atoms with Gasteiger partial charge in [0.05, 0.1) is 12.2 Å². The molecule has 0 spiro atoms.